The molecule has 0 aliphatic carbocycles. The van der Waals surface area contributed by atoms with Crippen molar-refractivity contribution in [1.29, 1.82) is 0 Å². The van der Waals surface area contributed by atoms with Gasteiger partial charge in [-0.05, 0) is 89.6 Å². The molecule has 56 heavy (non-hydrogen) atoms. The van der Waals surface area contributed by atoms with Gasteiger partial charge in [0.15, 0.2) is 9.84 Å². The summed E-state index contributed by atoms with van der Waals surface area (Å²) in [6.45, 7) is -0.248. The van der Waals surface area contributed by atoms with Crippen molar-refractivity contribution in [3.05, 3.63) is 98.7 Å². The van der Waals surface area contributed by atoms with Gasteiger partial charge in [0.25, 0.3) is 11.8 Å². The van der Waals surface area contributed by atoms with Crippen LogP contribution in [0.4, 0.5) is 0 Å². The van der Waals surface area contributed by atoms with Crippen LogP contribution >= 0.6 is 43.6 Å². The van der Waals surface area contributed by atoms with Gasteiger partial charge in [-0.15, -0.1) is 9.62 Å². The van der Waals surface area contributed by atoms with Crippen LogP contribution in [0, 0.1) is 0 Å². The van der Waals surface area contributed by atoms with E-state index in [1.165, 1.54) is 29.0 Å². The molecule has 1 fully saturated rings. The van der Waals surface area contributed by atoms with Gasteiger partial charge in [0.2, 0.25) is 6.79 Å². The Morgan fingerprint density at radius 2 is 1.88 bits per heavy atom. The van der Waals surface area contributed by atoms with E-state index >= 15 is 0 Å². The molecular weight excluding hydrogens is 828 g/mol. The van der Waals surface area contributed by atoms with Gasteiger partial charge in [-0.2, -0.15) is 0 Å². The number of hydrogen-bond donors (Lipinski definition) is 3. The highest BCUT2D eigenvalue weighted by Gasteiger charge is 2.33. The summed E-state index contributed by atoms with van der Waals surface area (Å²) in [5, 5.41) is 3.33. The fraction of sp³-hybridized carbons (Fsp3) is 0.368. The number of fused-ring (bicyclic) bond motifs is 2. The first-order chi connectivity index (χ1) is 26.6. The number of nitrogens with one attached hydrogen (secondary N) is 1. The zero-order valence-corrected chi connectivity index (χ0v) is 34.2. The maximum atomic E-state index is 13.8. The number of esters is 2. The van der Waals surface area contributed by atoms with E-state index in [4.69, 9.17) is 37.1 Å². The Hall–Kier alpha value is -3.77. The Bertz CT molecular complexity index is 2260. The molecule has 0 saturated carbocycles. The number of carbonyl (C=O) groups excluding carboxylic acids is 4. The maximum Gasteiger partial charge on any atom is 0.331 e. The van der Waals surface area contributed by atoms with Gasteiger partial charge >= 0.3 is 11.9 Å². The Balaban J connectivity index is 1.11. The summed E-state index contributed by atoms with van der Waals surface area (Å²) in [6, 6.07) is 13.1. The van der Waals surface area contributed by atoms with Crippen molar-refractivity contribution in [2.75, 3.05) is 25.3 Å². The molecule has 18 heteroatoms. The molecule has 1 aromatic heterocycles. The molecule has 13 nitrogen and oxygen atoms in total. The molecule has 2 aliphatic rings. The zero-order valence-electron chi connectivity index (χ0n) is 30.2. The lowest BCUT2D eigenvalue weighted by atomic mass is 9.95. The third kappa shape index (κ3) is 10.0. The van der Waals surface area contributed by atoms with E-state index in [0.29, 0.717) is 72.2 Å². The van der Waals surface area contributed by atoms with Crippen LogP contribution in [-0.4, -0.2) is 82.8 Å². The van der Waals surface area contributed by atoms with E-state index in [0.717, 1.165) is 11.6 Å². The number of furan rings is 1. The highest BCUT2D eigenvalue weighted by molar-refractivity contribution is 8.90. The van der Waals surface area contributed by atoms with Crippen LogP contribution in [0.2, 0.25) is 10.0 Å². The standard InChI is InChI=1S/C38H40Cl2N2O11S3/c1-55(47,48)28-7-4-5-23(17-28)18-31(38(46)53-22-52-33(43)8-3-2-6-27-13-16-54-56(27,49)50)41-36(44)34-30(39)19-26-21-42(14-11-29(26)35(34)40)37(45)25-10-9-24-12-15-51-32(24)20-25/h4-5,7,9-10,12,15,17,19-20,27,31,49-50H,2-3,6,8,11,13-14,16,18,21-22H2,1H3,(H,41,44). The number of hydrogen-bond acceptors (Lipinski definition) is 12. The number of unbranched alkanes of at least 4 members (excludes halogenated alkanes) is 1. The van der Waals surface area contributed by atoms with Crippen molar-refractivity contribution in [3.8, 4) is 0 Å². The Morgan fingerprint density at radius 3 is 2.62 bits per heavy atom. The Morgan fingerprint density at radius 1 is 1.07 bits per heavy atom. The van der Waals surface area contributed by atoms with Crippen molar-refractivity contribution in [1.82, 2.24) is 10.2 Å². The van der Waals surface area contributed by atoms with Crippen LogP contribution in [0.3, 0.4) is 0 Å². The molecule has 0 bridgehead atoms. The molecule has 0 spiro atoms. The number of ether oxygens (including phenoxy) is 2. The van der Waals surface area contributed by atoms with Gasteiger partial charge < -0.3 is 24.1 Å². The predicted octanol–water partition coefficient (Wildman–Crippen LogP) is 7.46. The second kappa shape index (κ2) is 17.8. The lowest BCUT2D eigenvalue weighted by Crippen LogP contribution is -2.44. The van der Waals surface area contributed by atoms with Crippen molar-refractivity contribution < 1.29 is 50.6 Å². The summed E-state index contributed by atoms with van der Waals surface area (Å²) in [5.74, 6) is -1.92. The third-order valence-electron chi connectivity index (χ3n) is 9.69. The minimum absolute atomic E-state index is 0.00829. The lowest BCUT2D eigenvalue weighted by Gasteiger charge is -2.32. The van der Waals surface area contributed by atoms with Gasteiger partial charge in [0.05, 0.1) is 32.0 Å². The largest absolute Gasteiger partial charge is 0.464 e. The van der Waals surface area contributed by atoms with E-state index in [2.05, 4.69) is 5.32 Å². The van der Waals surface area contributed by atoms with Crippen LogP contribution in [0.5, 0.6) is 0 Å². The molecular formula is C38H40Cl2N2O11S3. The summed E-state index contributed by atoms with van der Waals surface area (Å²) < 4.78 is 60.4. The molecule has 3 heterocycles. The number of sulfone groups is 1. The first-order valence-electron chi connectivity index (χ1n) is 17.7. The van der Waals surface area contributed by atoms with Crippen LogP contribution in [0.25, 0.3) is 11.0 Å². The molecule has 1 saturated heterocycles. The molecule has 0 radical (unpaired) electrons. The molecule has 3 N–H and O–H groups in total. The zero-order chi connectivity index (χ0) is 40.2. The number of amides is 2. The molecule has 2 atom stereocenters. The Kier molecular flexibility index (Phi) is 13.3. The van der Waals surface area contributed by atoms with Crippen LogP contribution in [0.15, 0.2) is 70.2 Å². The van der Waals surface area contributed by atoms with E-state index < -0.39 is 50.1 Å². The number of rotatable bonds is 14. The van der Waals surface area contributed by atoms with Gasteiger partial charge in [-0.25, -0.2) is 13.2 Å². The van der Waals surface area contributed by atoms with E-state index in [1.807, 2.05) is 0 Å². The topological polar surface area (TPSA) is 190 Å². The van der Waals surface area contributed by atoms with Crippen molar-refractivity contribution in [2.24, 2.45) is 0 Å². The molecule has 3 aromatic carbocycles. The van der Waals surface area contributed by atoms with Crippen LogP contribution in [-0.2, 0) is 48.3 Å². The lowest BCUT2D eigenvalue weighted by molar-refractivity contribution is -0.168. The average molecular weight is 868 g/mol. The van der Waals surface area contributed by atoms with Crippen molar-refractivity contribution in [3.63, 3.8) is 0 Å². The predicted molar refractivity (Wildman–Crippen MR) is 215 cm³/mol. The summed E-state index contributed by atoms with van der Waals surface area (Å²) in [7, 11) is -5.07. The van der Waals surface area contributed by atoms with Crippen molar-refractivity contribution in [2.45, 2.75) is 67.7 Å². The van der Waals surface area contributed by atoms with Gasteiger partial charge in [0.1, 0.15) is 11.6 Å². The molecule has 4 aromatic rings. The number of benzene rings is 3. The summed E-state index contributed by atoms with van der Waals surface area (Å²) >= 11 is 13.5. The highest BCUT2D eigenvalue weighted by Crippen LogP contribution is 2.64. The van der Waals surface area contributed by atoms with E-state index in [1.54, 1.807) is 47.6 Å². The number of halogens is 2. The third-order valence-corrected chi connectivity index (χ3v) is 16.0. The summed E-state index contributed by atoms with van der Waals surface area (Å²) in [5.41, 5.74) is 2.61. The second-order valence-corrected chi connectivity index (χ2v) is 21.0. The maximum absolute atomic E-state index is 13.8. The van der Waals surface area contributed by atoms with E-state index in [-0.39, 0.29) is 51.0 Å². The molecule has 2 unspecified atom stereocenters. The molecule has 2 aliphatic heterocycles. The Labute approximate surface area is 339 Å². The smallest absolute Gasteiger partial charge is 0.331 e. The first kappa shape index (κ1) is 41.9. The van der Waals surface area contributed by atoms with Crippen LogP contribution < -0.4 is 5.32 Å². The fourth-order valence-electron chi connectivity index (χ4n) is 6.68. The van der Waals surface area contributed by atoms with Gasteiger partial charge in [-0.1, -0.05) is 47.8 Å². The molecule has 6 rings (SSSR count). The van der Waals surface area contributed by atoms with Crippen molar-refractivity contribution >= 4 is 88.2 Å². The number of carbonyl (C=O) groups is 4. The van der Waals surface area contributed by atoms with Gasteiger partial charge in [-0.3, -0.25) is 23.5 Å². The average Bonchev–Trinajstić information content (AvgIpc) is 3.76. The van der Waals surface area contributed by atoms with Crippen LogP contribution in [0.1, 0.15) is 69.5 Å². The SMILES string of the molecule is CS(=O)(=O)c1cccc(CC(NC(=O)c2c(Cl)cc3c(c2Cl)CCN(C(=O)c2ccc4ccoc4c2)C3)C(=O)OCOC(=O)CCCCC2CCSS2(O)O)c1. The second-order valence-electron chi connectivity index (χ2n) is 13.6. The minimum Gasteiger partial charge on any atom is -0.464 e. The fourth-order valence-corrected chi connectivity index (χ4v) is 12.2. The summed E-state index contributed by atoms with van der Waals surface area (Å²) in [4.78, 5) is 54.7. The quantitative estimate of drug-likeness (QED) is 0.0492. The molecule has 2 amide bonds. The normalized spacial score (nSPS) is 17.5. The molecule has 300 valence electrons. The minimum atomic E-state index is -3.59. The monoisotopic (exact) mass is 866 g/mol. The van der Waals surface area contributed by atoms with E-state index in [9.17, 15) is 36.7 Å². The summed E-state index contributed by atoms with van der Waals surface area (Å²) in [6.07, 6.45) is 5.06. The number of nitrogens with zero attached hydrogens (tertiary/aromatic N) is 1. The van der Waals surface area contributed by atoms with Gasteiger partial charge in [0, 0.05) is 48.9 Å². The highest BCUT2D eigenvalue weighted by atomic mass is 35.5. The first-order valence-corrected chi connectivity index (χ1v) is 23.5.